The van der Waals surface area contributed by atoms with Gasteiger partial charge >= 0.3 is 5.97 Å². The highest BCUT2D eigenvalue weighted by Gasteiger charge is 2.73. The van der Waals surface area contributed by atoms with Crippen LogP contribution in [0, 0.1) is 16.7 Å². The molecular formula is C14H18O4. The van der Waals surface area contributed by atoms with Crippen molar-refractivity contribution in [1.29, 1.82) is 0 Å². The van der Waals surface area contributed by atoms with E-state index in [9.17, 15) is 14.7 Å². The second-order valence-corrected chi connectivity index (χ2v) is 6.19. The van der Waals surface area contributed by atoms with Gasteiger partial charge in [-0.3, -0.25) is 9.59 Å². The van der Waals surface area contributed by atoms with E-state index in [2.05, 4.69) is 6.92 Å². The molecule has 1 N–H and O–H groups in total. The van der Waals surface area contributed by atoms with E-state index >= 15 is 0 Å². The van der Waals surface area contributed by atoms with Crippen LogP contribution in [0.25, 0.3) is 0 Å². The van der Waals surface area contributed by atoms with E-state index in [0.717, 1.165) is 12.8 Å². The normalized spacial score (nSPS) is 45.1. The summed E-state index contributed by atoms with van der Waals surface area (Å²) < 4.78 is 5.38. The number of rotatable bonds is 2. The monoisotopic (exact) mass is 250 g/mol. The lowest BCUT2D eigenvalue weighted by atomic mass is 9.66. The van der Waals surface area contributed by atoms with Crippen molar-refractivity contribution in [1.82, 2.24) is 0 Å². The lowest BCUT2D eigenvalue weighted by molar-refractivity contribution is -0.147. The molecule has 0 amide bonds. The molecule has 3 rings (SSSR count). The van der Waals surface area contributed by atoms with Crippen LogP contribution in [0.3, 0.4) is 0 Å². The molecule has 1 spiro atoms. The summed E-state index contributed by atoms with van der Waals surface area (Å²) in [5.41, 5.74) is 0.422. The minimum absolute atomic E-state index is 0.0148. The fourth-order valence-electron chi connectivity index (χ4n) is 4.15. The Balaban J connectivity index is 1.93. The fraction of sp³-hybridized carbons (Fsp3) is 0.714. The molecule has 0 bridgehead atoms. The van der Waals surface area contributed by atoms with Crippen LogP contribution in [0.1, 0.15) is 33.1 Å². The van der Waals surface area contributed by atoms with Gasteiger partial charge in [0.2, 0.25) is 0 Å². The predicted octanol–water partition coefficient (Wildman–Crippen LogP) is 1.23. The third kappa shape index (κ3) is 1.35. The minimum Gasteiger partial charge on any atom is -0.462 e. The van der Waals surface area contributed by atoms with Gasteiger partial charge in [-0.2, -0.15) is 0 Å². The number of Topliss-reactive ketones (excluding diaryl/α,β-unsaturated/α-hetero) is 1. The van der Waals surface area contributed by atoms with Crippen LogP contribution in [-0.2, 0) is 14.3 Å². The van der Waals surface area contributed by atoms with Gasteiger partial charge in [0.15, 0.2) is 5.78 Å². The van der Waals surface area contributed by atoms with E-state index in [1.165, 1.54) is 6.92 Å². The minimum atomic E-state index is -0.248. The van der Waals surface area contributed by atoms with Gasteiger partial charge in [0.25, 0.3) is 0 Å². The van der Waals surface area contributed by atoms with Gasteiger partial charge in [-0.15, -0.1) is 0 Å². The van der Waals surface area contributed by atoms with Crippen LogP contribution in [0.4, 0.5) is 0 Å². The van der Waals surface area contributed by atoms with Crippen LogP contribution >= 0.6 is 0 Å². The maximum absolute atomic E-state index is 11.9. The Kier molecular flexibility index (Phi) is 2.28. The number of aliphatic hydroxyl groups is 1. The van der Waals surface area contributed by atoms with Crippen molar-refractivity contribution in [3.05, 3.63) is 11.6 Å². The number of carbonyl (C=O) groups excluding carboxylic acids is 2. The van der Waals surface area contributed by atoms with Crippen molar-refractivity contribution in [3.63, 3.8) is 0 Å². The zero-order chi connectivity index (χ0) is 13.1. The van der Waals surface area contributed by atoms with Crippen molar-refractivity contribution in [2.24, 2.45) is 16.7 Å². The third-order valence-corrected chi connectivity index (χ3v) is 5.11. The molecular weight excluding hydrogens is 232 g/mol. The van der Waals surface area contributed by atoms with Crippen LogP contribution in [0.2, 0.25) is 0 Å². The number of aliphatic hydroxyl groups excluding tert-OH is 1. The number of ketones is 1. The number of ether oxygens (including phenoxy) is 1. The maximum atomic E-state index is 11.9. The van der Waals surface area contributed by atoms with Crippen LogP contribution in [0.15, 0.2) is 11.6 Å². The average Bonchev–Trinajstić information content (AvgIpc) is 2.93. The number of hydrogen-bond donors (Lipinski definition) is 1. The number of esters is 1. The van der Waals surface area contributed by atoms with E-state index in [-0.39, 0.29) is 35.3 Å². The first-order valence-corrected chi connectivity index (χ1v) is 6.45. The Morgan fingerprint density at radius 3 is 2.89 bits per heavy atom. The Bertz CT molecular complexity index is 466. The molecule has 3 aliphatic rings. The van der Waals surface area contributed by atoms with Crippen molar-refractivity contribution >= 4 is 11.8 Å². The van der Waals surface area contributed by atoms with Gasteiger partial charge in [-0.25, -0.2) is 0 Å². The van der Waals surface area contributed by atoms with Crippen LogP contribution in [-0.4, -0.2) is 29.6 Å². The Morgan fingerprint density at radius 2 is 2.28 bits per heavy atom. The summed E-state index contributed by atoms with van der Waals surface area (Å²) in [6, 6.07) is 0. The van der Waals surface area contributed by atoms with E-state index < -0.39 is 0 Å². The lowest BCUT2D eigenvalue weighted by Crippen LogP contribution is -2.34. The molecule has 0 saturated heterocycles. The Hall–Kier alpha value is -1.16. The first-order valence-electron chi connectivity index (χ1n) is 6.45. The van der Waals surface area contributed by atoms with Gasteiger partial charge in [-0.05, 0) is 18.3 Å². The van der Waals surface area contributed by atoms with E-state index in [4.69, 9.17) is 4.74 Å². The molecule has 2 fully saturated rings. The summed E-state index contributed by atoms with van der Waals surface area (Å²) in [4.78, 5) is 23.0. The summed E-state index contributed by atoms with van der Waals surface area (Å²) in [5, 5.41) is 9.24. The zero-order valence-electron chi connectivity index (χ0n) is 10.7. The molecule has 18 heavy (non-hydrogen) atoms. The summed E-state index contributed by atoms with van der Waals surface area (Å²) >= 11 is 0. The van der Waals surface area contributed by atoms with Crippen molar-refractivity contribution < 1.29 is 19.4 Å². The smallest absolute Gasteiger partial charge is 0.302 e. The highest BCUT2D eigenvalue weighted by Crippen LogP contribution is 2.76. The quantitative estimate of drug-likeness (QED) is 0.749. The Labute approximate surface area is 106 Å². The third-order valence-electron chi connectivity index (χ3n) is 5.11. The fourth-order valence-corrected chi connectivity index (χ4v) is 4.15. The largest absolute Gasteiger partial charge is 0.462 e. The lowest BCUT2D eigenvalue weighted by Gasteiger charge is -2.37. The number of allylic oxidation sites excluding steroid dienone is 1. The van der Waals surface area contributed by atoms with E-state index in [0.29, 0.717) is 17.9 Å². The molecule has 4 heteroatoms. The second kappa shape index (κ2) is 3.44. The van der Waals surface area contributed by atoms with Crippen LogP contribution < -0.4 is 0 Å². The maximum Gasteiger partial charge on any atom is 0.302 e. The molecule has 0 aromatic carbocycles. The molecule has 4 nitrogen and oxygen atoms in total. The second-order valence-electron chi connectivity index (χ2n) is 6.19. The first kappa shape index (κ1) is 11.9. The summed E-state index contributed by atoms with van der Waals surface area (Å²) in [5.74, 6) is 0.128. The molecule has 0 radical (unpaired) electrons. The van der Waals surface area contributed by atoms with Crippen molar-refractivity contribution in [3.8, 4) is 0 Å². The predicted molar refractivity (Wildman–Crippen MR) is 63.6 cm³/mol. The topological polar surface area (TPSA) is 63.6 Å². The summed E-state index contributed by atoms with van der Waals surface area (Å²) in [7, 11) is 0. The molecule has 0 unspecified atom stereocenters. The summed E-state index contributed by atoms with van der Waals surface area (Å²) in [6.07, 6.45) is 4.10. The van der Waals surface area contributed by atoms with Gasteiger partial charge in [-0.1, -0.05) is 13.0 Å². The van der Waals surface area contributed by atoms with E-state index in [1.54, 1.807) is 0 Å². The Morgan fingerprint density at radius 1 is 1.56 bits per heavy atom. The first-order chi connectivity index (χ1) is 8.42. The van der Waals surface area contributed by atoms with Gasteiger partial charge in [0, 0.05) is 30.3 Å². The summed E-state index contributed by atoms with van der Waals surface area (Å²) in [6.45, 7) is 3.36. The molecule has 0 aromatic rings. The molecule has 4 atom stereocenters. The highest BCUT2D eigenvalue weighted by molar-refractivity contribution is 5.97. The zero-order valence-corrected chi connectivity index (χ0v) is 10.7. The van der Waals surface area contributed by atoms with Crippen molar-refractivity contribution in [2.75, 3.05) is 6.61 Å². The van der Waals surface area contributed by atoms with Gasteiger partial charge in [0.05, 0.1) is 6.61 Å². The van der Waals surface area contributed by atoms with Crippen LogP contribution in [0.5, 0.6) is 0 Å². The average molecular weight is 250 g/mol. The molecule has 0 aromatic heterocycles. The molecule has 98 valence electrons. The van der Waals surface area contributed by atoms with Gasteiger partial charge < -0.3 is 9.84 Å². The van der Waals surface area contributed by atoms with E-state index in [1.807, 2.05) is 6.08 Å². The van der Waals surface area contributed by atoms with Gasteiger partial charge in [0.1, 0.15) is 6.10 Å². The number of hydrogen-bond acceptors (Lipinski definition) is 4. The molecule has 3 aliphatic carbocycles. The SMILES string of the molecule is CC(=O)O[C@H]1C[C@@]2(C)CC(=O)C(CO)=C[C@@]23C[C@@H]13. The molecule has 2 saturated carbocycles. The highest BCUT2D eigenvalue weighted by atomic mass is 16.5. The van der Waals surface area contributed by atoms with Crippen molar-refractivity contribution in [2.45, 2.75) is 39.2 Å². The molecule has 0 heterocycles. The molecule has 0 aliphatic heterocycles. The standard InChI is InChI=1S/C14H18O4/c1-8(16)18-12-6-13(2)5-11(17)9(7-15)3-14(13)4-10(12)14/h3,10,12,15H,4-7H2,1-2H3/t10-,12-,13+,14-/m0/s1. The number of carbonyl (C=O) groups is 2.